The van der Waals surface area contributed by atoms with E-state index in [1.807, 2.05) is 0 Å². The van der Waals surface area contributed by atoms with E-state index in [4.69, 9.17) is 11.6 Å². The van der Waals surface area contributed by atoms with Crippen molar-refractivity contribution in [2.45, 2.75) is 19.1 Å². The molecule has 0 saturated carbocycles. The Balaban J connectivity index is 2.22. The van der Waals surface area contributed by atoms with Crippen LogP contribution in [0, 0.1) is 5.82 Å². The van der Waals surface area contributed by atoms with Gasteiger partial charge in [0.15, 0.2) is 0 Å². The first kappa shape index (κ1) is 15.6. The molecule has 1 atom stereocenters. The molecule has 112 valence electrons. The summed E-state index contributed by atoms with van der Waals surface area (Å²) >= 11 is 5.88. The highest BCUT2D eigenvalue weighted by molar-refractivity contribution is 6.33. The number of nitrogens with one attached hydrogen (secondary N) is 1. The van der Waals surface area contributed by atoms with Gasteiger partial charge in [-0.15, -0.1) is 0 Å². The molecule has 0 aromatic heterocycles. The molecule has 1 unspecified atom stereocenters. The number of halogens is 5. The van der Waals surface area contributed by atoms with Gasteiger partial charge in [-0.2, -0.15) is 13.2 Å². The summed E-state index contributed by atoms with van der Waals surface area (Å²) in [5.74, 6) is -0.475. The van der Waals surface area contributed by atoms with Gasteiger partial charge in [0.05, 0.1) is 16.3 Å². The molecular weight excluding hydrogens is 306 g/mol. The average Bonchev–Trinajstić information content (AvgIpc) is 2.41. The first-order chi connectivity index (χ1) is 9.77. The minimum Gasteiger partial charge on any atom is -0.377 e. The number of hydrogen-bond donors (Lipinski definition) is 1. The predicted octanol–water partition coefficient (Wildman–Crippen LogP) is 5.67. The van der Waals surface area contributed by atoms with Gasteiger partial charge in [0.1, 0.15) is 5.82 Å². The lowest BCUT2D eigenvalue weighted by molar-refractivity contribution is -0.137. The van der Waals surface area contributed by atoms with Crippen LogP contribution in [0.25, 0.3) is 0 Å². The Hall–Kier alpha value is -1.75. The zero-order valence-electron chi connectivity index (χ0n) is 11.0. The standard InChI is InChI=1S/C15H12ClF4N/c1-9(21-14-6-5-12(17)8-13(14)16)10-3-2-4-11(7-10)15(18,19)20/h2-9,21H,1H3. The second-order valence-corrected chi connectivity index (χ2v) is 5.02. The fourth-order valence-corrected chi connectivity index (χ4v) is 2.13. The zero-order chi connectivity index (χ0) is 15.6. The van der Waals surface area contributed by atoms with Gasteiger partial charge < -0.3 is 5.32 Å². The molecule has 21 heavy (non-hydrogen) atoms. The van der Waals surface area contributed by atoms with Crippen LogP contribution < -0.4 is 5.32 Å². The van der Waals surface area contributed by atoms with Crippen molar-refractivity contribution in [3.8, 4) is 0 Å². The smallest absolute Gasteiger partial charge is 0.377 e. The van der Waals surface area contributed by atoms with Crippen LogP contribution in [0.2, 0.25) is 5.02 Å². The van der Waals surface area contributed by atoms with E-state index in [1.165, 1.54) is 18.2 Å². The maximum atomic E-state index is 13.0. The summed E-state index contributed by atoms with van der Waals surface area (Å²) in [6, 6.07) is 8.44. The Labute approximate surface area is 124 Å². The Morgan fingerprint density at radius 3 is 2.43 bits per heavy atom. The van der Waals surface area contributed by atoms with Crippen LogP contribution in [0.5, 0.6) is 0 Å². The summed E-state index contributed by atoms with van der Waals surface area (Å²) in [7, 11) is 0. The maximum absolute atomic E-state index is 13.0. The summed E-state index contributed by atoms with van der Waals surface area (Å²) in [4.78, 5) is 0. The van der Waals surface area contributed by atoms with Gasteiger partial charge in [0.25, 0.3) is 0 Å². The molecule has 0 aliphatic heterocycles. The van der Waals surface area contributed by atoms with E-state index >= 15 is 0 Å². The van der Waals surface area contributed by atoms with Crippen molar-refractivity contribution in [1.82, 2.24) is 0 Å². The molecule has 2 rings (SSSR count). The highest BCUT2D eigenvalue weighted by atomic mass is 35.5. The lowest BCUT2D eigenvalue weighted by Crippen LogP contribution is -2.10. The SMILES string of the molecule is CC(Nc1ccc(F)cc1Cl)c1cccc(C(F)(F)F)c1. The monoisotopic (exact) mass is 317 g/mol. The number of benzene rings is 2. The molecule has 0 spiro atoms. The third-order valence-corrected chi connectivity index (χ3v) is 3.33. The van der Waals surface area contributed by atoms with Crippen LogP contribution in [0.1, 0.15) is 24.1 Å². The molecule has 2 aromatic rings. The summed E-state index contributed by atoms with van der Waals surface area (Å²) in [6.45, 7) is 1.70. The molecule has 2 aromatic carbocycles. The van der Waals surface area contributed by atoms with Crippen LogP contribution >= 0.6 is 11.6 Å². The Bertz CT molecular complexity index is 640. The predicted molar refractivity (Wildman–Crippen MR) is 74.9 cm³/mol. The second-order valence-electron chi connectivity index (χ2n) is 4.61. The number of alkyl halides is 3. The zero-order valence-corrected chi connectivity index (χ0v) is 11.8. The van der Waals surface area contributed by atoms with Crippen LogP contribution in [0.3, 0.4) is 0 Å². The first-order valence-corrected chi connectivity index (χ1v) is 6.54. The van der Waals surface area contributed by atoms with Gasteiger partial charge >= 0.3 is 6.18 Å². The van der Waals surface area contributed by atoms with E-state index in [9.17, 15) is 17.6 Å². The molecule has 0 heterocycles. The van der Waals surface area contributed by atoms with Crippen molar-refractivity contribution in [2.24, 2.45) is 0 Å². The van der Waals surface area contributed by atoms with Crippen molar-refractivity contribution >= 4 is 17.3 Å². The molecule has 0 radical (unpaired) electrons. The van der Waals surface area contributed by atoms with Gasteiger partial charge in [-0.1, -0.05) is 23.7 Å². The third-order valence-electron chi connectivity index (χ3n) is 3.02. The fourth-order valence-electron chi connectivity index (χ4n) is 1.91. The van der Waals surface area contributed by atoms with Gasteiger partial charge in [0, 0.05) is 6.04 Å². The molecule has 0 bridgehead atoms. The molecular formula is C15H12ClF4N. The summed E-state index contributed by atoms with van der Waals surface area (Å²) < 4.78 is 51.0. The maximum Gasteiger partial charge on any atom is 0.416 e. The van der Waals surface area contributed by atoms with E-state index < -0.39 is 23.6 Å². The van der Waals surface area contributed by atoms with Gasteiger partial charge in [0.2, 0.25) is 0 Å². The Morgan fingerprint density at radius 2 is 1.81 bits per heavy atom. The molecule has 0 fully saturated rings. The molecule has 1 nitrogen and oxygen atoms in total. The van der Waals surface area contributed by atoms with Crippen molar-refractivity contribution < 1.29 is 17.6 Å². The number of hydrogen-bond acceptors (Lipinski definition) is 1. The Morgan fingerprint density at radius 1 is 1.10 bits per heavy atom. The van der Waals surface area contributed by atoms with Crippen LogP contribution in [-0.2, 0) is 6.18 Å². The molecule has 6 heteroatoms. The highest BCUT2D eigenvalue weighted by Gasteiger charge is 2.30. The topological polar surface area (TPSA) is 12.0 Å². The lowest BCUT2D eigenvalue weighted by atomic mass is 10.0. The summed E-state index contributed by atoms with van der Waals surface area (Å²) in [5, 5.41) is 3.14. The minimum absolute atomic E-state index is 0.175. The molecule has 1 N–H and O–H groups in total. The molecule has 0 aliphatic carbocycles. The third kappa shape index (κ3) is 3.88. The normalized spacial score (nSPS) is 13.0. The van der Waals surface area contributed by atoms with E-state index in [-0.39, 0.29) is 5.02 Å². The van der Waals surface area contributed by atoms with Crippen molar-refractivity contribution in [2.75, 3.05) is 5.32 Å². The summed E-state index contributed by atoms with van der Waals surface area (Å²) in [6.07, 6.45) is -4.39. The van der Waals surface area contributed by atoms with E-state index in [1.54, 1.807) is 13.0 Å². The van der Waals surface area contributed by atoms with E-state index in [2.05, 4.69) is 5.32 Å². The van der Waals surface area contributed by atoms with Crippen molar-refractivity contribution in [3.05, 3.63) is 64.4 Å². The largest absolute Gasteiger partial charge is 0.416 e. The Kier molecular flexibility index (Phi) is 4.42. The van der Waals surface area contributed by atoms with Crippen LogP contribution in [0.15, 0.2) is 42.5 Å². The molecule has 0 saturated heterocycles. The van der Waals surface area contributed by atoms with Crippen LogP contribution in [-0.4, -0.2) is 0 Å². The second kappa shape index (κ2) is 5.93. The molecule has 0 aliphatic rings. The summed E-state index contributed by atoms with van der Waals surface area (Å²) in [5.41, 5.74) is 0.215. The van der Waals surface area contributed by atoms with Gasteiger partial charge in [-0.05, 0) is 42.8 Å². The van der Waals surface area contributed by atoms with Gasteiger partial charge in [-0.25, -0.2) is 4.39 Å². The minimum atomic E-state index is -4.39. The van der Waals surface area contributed by atoms with Crippen LogP contribution in [0.4, 0.5) is 23.2 Å². The molecule has 0 amide bonds. The quantitative estimate of drug-likeness (QED) is 0.719. The van der Waals surface area contributed by atoms with Gasteiger partial charge in [-0.3, -0.25) is 0 Å². The lowest BCUT2D eigenvalue weighted by Gasteiger charge is -2.18. The number of anilines is 1. The van der Waals surface area contributed by atoms with E-state index in [0.29, 0.717) is 11.3 Å². The highest BCUT2D eigenvalue weighted by Crippen LogP contribution is 2.32. The fraction of sp³-hybridized carbons (Fsp3) is 0.200. The first-order valence-electron chi connectivity index (χ1n) is 6.16. The van der Waals surface area contributed by atoms with Crippen molar-refractivity contribution in [3.63, 3.8) is 0 Å². The average molecular weight is 318 g/mol. The number of rotatable bonds is 3. The van der Waals surface area contributed by atoms with E-state index in [0.717, 1.165) is 18.2 Å². The van der Waals surface area contributed by atoms with Crippen molar-refractivity contribution in [1.29, 1.82) is 0 Å².